The smallest absolute Gasteiger partial charge is 0.247 e. The van der Waals surface area contributed by atoms with Gasteiger partial charge in [0, 0.05) is 94.2 Å². The van der Waals surface area contributed by atoms with E-state index in [9.17, 15) is 24.6 Å². The Labute approximate surface area is 624 Å². The Hall–Kier alpha value is -7.64. The number of halogens is 2. The summed E-state index contributed by atoms with van der Waals surface area (Å²) in [5.41, 5.74) is 2.56. The number of aromatic nitrogens is 2. The van der Waals surface area contributed by atoms with Gasteiger partial charge in [0.2, 0.25) is 41.4 Å². The number of carbonyl (C=O) groups excluding carboxylic acids is 7. The van der Waals surface area contributed by atoms with Crippen LogP contribution in [-0.2, 0) is 99.7 Å². The maximum atomic E-state index is 16.1. The summed E-state index contributed by atoms with van der Waals surface area (Å²) in [5.74, 6) is -2.56. The molecule has 0 spiro atoms. The summed E-state index contributed by atoms with van der Waals surface area (Å²) in [6.07, 6.45) is 1.02. The number of benzene rings is 4. The van der Waals surface area contributed by atoms with Crippen LogP contribution < -0.4 is 26.0 Å². The van der Waals surface area contributed by atoms with Crippen LogP contribution >= 0.6 is 23.2 Å². The molecule has 7 amide bonds. The van der Waals surface area contributed by atoms with Crippen LogP contribution in [0.5, 0.6) is 11.5 Å². The lowest BCUT2D eigenvalue weighted by molar-refractivity contribution is -0.238. The molecule has 105 heavy (non-hydrogen) atoms. The zero-order chi connectivity index (χ0) is 75.2. The van der Waals surface area contributed by atoms with Crippen LogP contribution in [0.2, 0.25) is 10.0 Å². The van der Waals surface area contributed by atoms with Gasteiger partial charge in [0.05, 0.1) is 103 Å². The Bertz CT molecular complexity index is 3670. The number of rotatable bonds is 32. The van der Waals surface area contributed by atoms with Gasteiger partial charge in [0.1, 0.15) is 53.3 Å². The van der Waals surface area contributed by atoms with Crippen LogP contribution in [0.1, 0.15) is 87.2 Å². The van der Waals surface area contributed by atoms with Gasteiger partial charge in [-0.3, -0.25) is 33.6 Å². The molecule has 1 aromatic heterocycles. The average molecular weight is 1500 g/mol. The first kappa shape index (κ1) is 81.4. The summed E-state index contributed by atoms with van der Waals surface area (Å²) >= 11 is 13.1. The van der Waals surface area contributed by atoms with Gasteiger partial charge in [-0.15, -0.1) is 0 Å². The van der Waals surface area contributed by atoms with E-state index in [1.807, 2.05) is 104 Å². The van der Waals surface area contributed by atoms with E-state index in [2.05, 4.69) is 26.3 Å². The Morgan fingerprint density at radius 3 is 2.15 bits per heavy atom. The number of imidazole rings is 1. The van der Waals surface area contributed by atoms with Gasteiger partial charge in [-0.1, -0.05) is 84.6 Å². The highest BCUT2D eigenvalue weighted by Crippen LogP contribution is 2.38. The van der Waals surface area contributed by atoms with Crippen LogP contribution in [0.25, 0.3) is 11.3 Å². The van der Waals surface area contributed by atoms with Crippen molar-refractivity contribution in [1.82, 2.24) is 50.4 Å². The molecule has 4 aromatic carbocycles. The Kier molecular flexibility index (Phi) is 30.9. The third-order valence-corrected chi connectivity index (χ3v) is 20.1. The van der Waals surface area contributed by atoms with E-state index in [1.54, 1.807) is 49.3 Å². The van der Waals surface area contributed by atoms with Crippen molar-refractivity contribution in [1.29, 1.82) is 0 Å². The van der Waals surface area contributed by atoms with Crippen molar-refractivity contribution in [2.45, 2.75) is 151 Å². The third-order valence-electron chi connectivity index (χ3n) is 19.6. The van der Waals surface area contributed by atoms with Gasteiger partial charge >= 0.3 is 0 Å². The molecule has 572 valence electrons. The quantitative estimate of drug-likeness (QED) is 0.0294. The van der Waals surface area contributed by atoms with Crippen LogP contribution in [0.4, 0.5) is 0 Å². The Balaban J connectivity index is 0.921. The summed E-state index contributed by atoms with van der Waals surface area (Å²) < 4.78 is 48.6. The number of ether oxygens (including phenoxy) is 8. The molecule has 1 aliphatic carbocycles. The molecule has 4 heterocycles. The molecule has 27 nitrogen and oxygen atoms in total. The van der Waals surface area contributed by atoms with E-state index < -0.39 is 89.9 Å². The molecule has 6 N–H and O–H groups in total. The number of aliphatic hydroxyl groups is 2. The first-order valence-electron chi connectivity index (χ1n) is 35.9. The first-order valence-corrected chi connectivity index (χ1v) is 36.7. The van der Waals surface area contributed by atoms with Gasteiger partial charge in [0.25, 0.3) is 0 Å². The fourth-order valence-corrected chi connectivity index (χ4v) is 14.2. The monoisotopic (exact) mass is 1500 g/mol. The molecular formula is C76H102Cl2N10O17. The number of hydrogen-bond acceptors (Lipinski definition) is 19. The number of amides is 7. The molecule has 4 aliphatic rings. The second-order valence-electron chi connectivity index (χ2n) is 27.6. The topological polar surface area (TPSA) is 313 Å². The van der Waals surface area contributed by atoms with E-state index in [4.69, 9.17) is 61.1 Å². The highest BCUT2D eigenvalue weighted by atomic mass is 35.5. The number of likely N-dealkylation sites (N-methyl/N-ethyl adjacent to an activating group) is 2. The maximum absolute atomic E-state index is 16.1. The van der Waals surface area contributed by atoms with Crippen LogP contribution in [0.3, 0.4) is 0 Å². The van der Waals surface area contributed by atoms with Crippen molar-refractivity contribution in [3.8, 4) is 22.8 Å². The van der Waals surface area contributed by atoms with Gasteiger partial charge in [0.15, 0.2) is 6.29 Å². The fraction of sp³-hybridized carbons (Fsp3) is 0.553. The number of nitrogens with one attached hydrogen (secondary N) is 4. The second kappa shape index (κ2) is 39.8. The average Bonchev–Trinajstić information content (AvgIpc) is 1.61. The highest BCUT2D eigenvalue weighted by molar-refractivity contribution is 6.31. The summed E-state index contributed by atoms with van der Waals surface area (Å²) in [7, 11) is 10.6. The number of carbonyl (C=O) groups is 7. The zero-order valence-corrected chi connectivity index (χ0v) is 62.5. The summed E-state index contributed by atoms with van der Waals surface area (Å²) in [4.78, 5) is 113. The normalized spacial score (nSPS) is 24.3. The largest absolute Gasteiger partial charge is 0.457 e. The Morgan fingerprint density at radius 2 is 1.46 bits per heavy atom. The summed E-state index contributed by atoms with van der Waals surface area (Å²) in [6.45, 7) is 2.69. The minimum absolute atomic E-state index is 0.00635. The summed E-state index contributed by atoms with van der Waals surface area (Å²) in [6, 6.07) is 23.8. The molecule has 9 rings (SSSR count). The van der Waals surface area contributed by atoms with Gasteiger partial charge in [-0.05, 0) is 112 Å². The minimum atomic E-state index is -1.36. The predicted molar refractivity (Wildman–Crippen MR) is 391 cm³/mol. The SMILES string of the molecule is COC[C@@H]1NC(=O)[C@H](CCCNC(=O)CCOCCOCCOCCOC[C@@]23COC(O2)[C@H](NC(C)=O)[C@@H](O)[C@H]3O)N(Cc2ccc(Cl)cc2Oc2ccc(-c3cnc(CN(C)C)n3C)cc2)C(=O)C[C@@H](Cc2ccccc2)C(=O)N(C)[C@H]2CCCC[C@@H]2NC(=O)C[C@H](Cc2ccc(Cl)cc2)N(C)C1=O. The molecule has 3 aliphatic heterocycles. The van der Waals surface area contributed by atoms with Crippen molar-refractivity contribution in [3.63, 3.8) is 0 Å². The van der Waals surface area contributed by atoms with Crippen molar-refractivity contribution < 1.29 is 81.7 Å². The third kappa shape index (κ3) is 22.9. The van der Waals surface area contributed by atoms with Gasteiger partial charge in [-0.25, -0.2) is 4.98 Å². The minimum Gasteiger partial charge on any atom is -0.457 e. The number of hydrogen-bond donors (Lipinski definition) is 6. The first-order chi connectivity index (χ1) is 50.5. The standard InChI is InChI=1S/C76H102Cl2N10O17/c1-49(89)81-69-70(93)71(94)76(48-103-75(69)105-76)47-102-37-36-101-35-34-100-33-32-99-31-29-66(90)79-30-13-18-62-72(95)83-60(46-98-7)74(97)85(4)57(39-51-19-24-55(77)25-20-51)42-67(91)82-59-16-11-12-17-61(59)87(6)73(96)54(38-50-14-9-8-10-15-50)40-68(92)88(62)44-53-21-26-56(78)41-64(53)104-58-27-22-52(23-28-58)63-43-80-65(86(63)5)45-84(2)3/h8-10,14-15,19-28,41,43,54,57,59-62,69-71,75,93-94H,11-13,16-18,29-40,42,44-48H2,1-7H3,(H,79,90)(H,81,89)(H,82,91)(H,83,95)/t54-,57+,59+,60+,61+,62+,69-,70-,71-,75?,76+/m1/s1. The predicted octanol–water partition coefficient (Wildman–Crippen LogP) is 5.39. The lowest BCUT2D eigenvalue weighted by Crippen LogP contribution is -2.66. The van der Waals surface area contributed by atoms with Gasteiger partial charge < -0.3 is 93.5 Å². The van der Waals surface area contributed by atoms with E-state index in [0.717, 1.165) is 41.1 Å². The fourth-order valence-electron chi connectivity index (χ4n) is 13.9. The Morgan fingerprint density at radius 1 is 0.781 bits per heavy atom. The molecule has 2 bridgehead atoms. The van der Waals surface area contributed by atoms with E-state index in [-0.39, 0.29) is 148 Å². The molecule has 11 atom stereocenters. The lowest BCUT2D eigenvalue weighted by atomic mass is 9.87. The summed E-state index contributed by atoms with van der Waals surface area (Å²) in [5, 5.41) is 34.0. The maximum Gasteiger partial charge on any atom is 0.247 e. The molecule has 0 radical (unpaired) electrons. The molecule has 1 unspecified atom stereocenters. The van der Waals surface area contributed by atoms with Crippen molar-refractivity contribution in [2.75, 3.05) is 108 Å². The van der Waals surface area contributed by atoms with E-state index >= 15 is 19.2 Å². The van der Waals surface area contributed by atoms with E-state index in [0.29, 0.717) is 40.7 Å². The number of methoxy groups -OCH3 is 1. The number of aliphatic hydroxyl groups excluding tert-OH is 2. The zero-order valence-electron chi connectivity index (χ0n) is 61.0. The second-order valence-corrected chi connectivity index (χ2v) is 28.5. The number of fused-ring (bicyclic) bond motifs is 3. The molecule has 4 fully saturated rings. The molecular weight excluding hydrogens is 1400 g/mol. The van der Waals surface area contributed by atoms with E-state index in [1.165, 1.54) is 23.8 Å². The van der Waals surface area contributed by atoms with Crippen molar-refractivity contribution in [2.24, 2.45) is 13.0 Å². The number of nitrogens with zero attached hydrogens (tertiary/aromatic N) is 6. The highest BCUT2D eigenvalue weighted by Gasteiger charge is 2.59. The lowest BCUT2D eigenvalue weighted by Gasteiger charge is -2.42. The van der Waals surface area contributed by atoms with Crippen LogP contribution in [-0.4, -0.2) is 249 Å². The van der Waals surface area contributed by atoms with Gasteiger partial charge in [-0.2, -0.15) is 0 Å². The molecule has 3 saturated heterocycles. The van der Waals surface area contributed by atoms with Crippen molar-refractivity contribution in [3.05, 3.63) is 136 Å². The molecule has 1 saturated carbocycles. The van der Waals surface area contributed by atoms with Crippen LogP contribution in [0, 0.1) is 5.92 Å². The molecule has 29 heteroatoms. The van der Waals surface area contributed by atoms with Crippen LogP contribution in [0.15, 0.2) is 103 Å². The molecule has 5 aromatic rings. The van der Waals surface area contributed by atoms with Crippen molar-refractivity contribution >= 4 is 64.6 Å².